The molecular weight excluding hydrogens is 264 g/mol. The lowest BCUT2D eigenvalue weighted by Crippen LogP contribution is -2.34. The normalized spacial score (nSPS) is 20.7. The fourth-order valence-electron chi connectivity index (χ4n) is 2.85. The molecule has 0 bridgehead atoms. The third-order valence-electron chi connectivity index (χ3n) is 3.99. The molecule has 21 heavy (non-hydrogen) atoms. The van der Waals surface area contributed by atoms with Gasteiger partial charge in [0.25, 0.3) is 0 Å². The van der Waals surface area contributed by atoms with Crippen molar-refractivity contribution >= 4 is 0 Å². The number of nitrogens with zero attached hydrogens (tertiary/aromatic N) is 1. The molecule has 0 saturated carbocycles. The highest BCUT2D eigenvalue weighted by atomic mass is 16.3. The van der Waals surface area contributed by atoms with Crippen LogP contribution < -0.4 is 5.32 Å². The molecule has 2 aromatic rings. The Hall–Kier alpha value is -1.62. The second-order valence-electron chi connectivity index (χ2n) is 5.63. The molecule has 0 radical (unpaired) electrons. The molecule has 1 aliphatic rings. The van der Waals surface area contributed by atoms with Crippen LogP contribution in [0.5, 0.6) is 0 Å². The molecule has 1 saturated heterocycles. The molecule has 1 fully saturated rings. The number of benzene rings is 1. The van der Waals surface area contributed by atoms with E-state index < -0.39 is 0 Å². The molecule has 4 heteroatoms. The lowest BCUT2D eigenvalue weighted by Gasteiger charge is -2.24. The minimum Gasteiger partial charge on any atom is -0.468 e. The number of furan rings is 1. The average molecular weight is 286 g/mol. The van der Waals surface area contributed by atoms with Crippen molar-refractivity contribution in [3.63, 3.8) is 0 Å². The Bertz CT molecular complexity index is 527. The Labute approximate surface area is 125 Å². The van der Waals surface area contributed by atoms with Crippen molar-refractivity contribution in [2.75, 3.05) is 19.6 Å². The third-order valence-corrected chi connectivity index (χ3v) is 3.99. The lowest BCUT2D eigenvalue weighted by molar-refractivity contribution is 0.172. The molecule has 2 N–H and O–H groups in total. The first kappa shape index (κ1) is 14.3. The molecule has 0 amide bonds. The Morgan fingerprint density at radius 1 is 1.24 bits per heavy atom. The topological polar surface area (TPSA) is 48.6 Å². The van der Waals surface area contributed by atoms with E-state index in [2.05, 4.69) is 34.5 Å². The molecule has 2 atom stereocenters. The van der Waals surface area contributed by atoms with Gasteiger partial charge in [-0.1, -0.05) is 30.3 Å². The second kappa shape index (κ2) is 6.89. The predicted molar refractivity (Wildman–Crippen MR) is 81.8 cm³/mol. The maximum absolute atomic E-state index is 9.69. The van der Waals surface area contributed by atoms with Gasteiger partial charge in [-0.2, -0.15) is 0 Å². The zero-order chi connectivity index (χ0) is 14.5. The number of hydrogen-bond acceptors (Lipinski definition) is 4. The average Bonchev–Trinajstić information content (AvgIpc) is 3.16. The number of aliphatic hydroxyl groups is 1. The van der Waals surface area contributed by atoms with Crippen molar-refractivity contribution in [2.24, 2.45) is 0 Å². The molecule has 0 spiro atoms. The van der Waals surface area contributed by atoms with Crippen molar-refractivity contribution in [1.29, 1.82) is 0 Å². The minimum atomic E-state index is -0.175. The van der Waals surface area contributed by atoms with E-state index in [0.29, 0.717) is 6.54 Å². The smallest absolute Gasteiger partial charge is 0.117 e. The number of β-amino-alcohol motifs (C(OH)–C–C–N with tert-alkyl or cyclic N) is 1. The standard InChI is InChI=1S/C17H22N2O2/c20-15-8-9-19(12-15)13-17(14-5-2-1-3-6-14)18-11-16-7-4-10-21-16/h1-7,10,15,17-18,20H,8-9,11-13H2/t15-,17?/m0/s1. The summed E-state index contributed by atoms with van der Waals surface area (Å²) in [6.45, 7) is 3.35. The second-order valence-corrected chi connectivity index (χ2v) is 5.63. The summed E-state index contributed by atoms with van der Waals surface area (Å²) in [5, 5.41) is 13.2. The summed E-state index contributed by atoms with van der Waals surface area (Å²) in [5.41, 5.74) is 1.27. The fraction of sp³-hybridized carbons (Fsp3) is 0.412. The highest BCUT2D eigenvalue weighted by Crippen LogP contribution is 2.18. The quantitative estimate of drug-likeness (QED) is 0.854. The largest absolute Gasteiger partial charge is 0.468 e. The number of hydrogen-bond donors (Lipinski definition) is 2. The van der Waals surface area contributed by atoms with Gasteiger partial charge in [0.1, 0.15) is 5.76 Å². The molecule has 3 rings (SSSR count). The van der Waals surface area contributed by atoms with E-state index in [1.165, 1.54) is 5.56 Å². The van der Waals surface area contributed by atoms with Crippen LogP contribution in [0.2, 0.25) is 0 Å². The van der Waals surface area contributed by atoms with E-state index in [1.807, 2.05) is 18.2 Å². The van der Waals surface area contributed by atoms with Crippen LogP contribution in [-0.2, 0) is 6.54 Å². The van der Waals surface area contributed by atoms with Crippen LogP contribution in [0.3, 0.4) is 0 Å². The van der Waals surface area contributed by atoms with Gasteiger partial charge in [0.05, 0.1) is 18.9 Å². The maximum atomic E-state index is 9.69. The predicted octanol–water partition coefficient (Wildman–Crippen LogP) is 2.18. The van der Waals surface area contributed by atoms with E-state index in [0.717, 1.165) is 31.8 Å². The SMILES string of the molecule is O[C@H]1CCN(CC(NCc2ccco2)c2ccccc2)C1. The molecule has 1 unspecified atom stereocenters. The summed E-state index contributed by atoms with van der Waals surface area (Å²) in [7, 11) is 0. The van der Waals surface area contributed by atoms with Crippen LogP contribution in [0.1, 0.15) is 23.8 Å². The summed E-state index contributed by atoms with van der Waals surface area (Å²) in [6.07, 6.45) is 2.40. The zero-order valence-electron chi connectivity index (χ0n) is 12.1. The fourth-order valence-corrected chi connectivity index (χ4v) is 2.85. The van der Waals surface area contributed by atoms with E-state index in [4.69, 9.17) is 4.42 Å². The molecular formula is C17H22N2O2. The van der Waals surface area contributed by atoms with Gasteiger partial charge in [-0.25, -0.2) is 0 Å². The van der Waals surface area contributed by atoms with Crippen LogP contribution in [0.15, 0.2) is 53.1 Å². The Kier molecular flexibility index (Phi) is 4.70. The summed E-state index contributed by atoms with van der Waals surface area (Å²) in [4.78, 5) is 2.32. The van der Waals surface area contributed by atoms with Crippen molar-refractivity contribution in [3.8, 4) is 0 Å². The zero-order valence-corrected chi connectivity index (χ0v) is 12.1. The van der Waals surface area contributed by atoms with Gasteiger partial charge in [-0.15, -0.1) is 0 Å². The number of aliphatic hydroxyl groups excluding tert-OH is 1. The molecule has 1 aromatic heterocycles. The lowest BCUT2D eigenvalue weighted by atomic mass is 10.1. The molecule has 112 valence electrons. The van der Waals surface area contributed by atoms with Crippen molar-refractivity contribution in [1.82, 2.24) is 10.2 Å². The molecule has 2 heterocycles. The van der Waals surface area contributed by atoms with Crippen molar-refractivity contribution in [2.45, 2.75) is 25.1 Å². The van der Waals surface area contributed by atoms with Gasteiger partial charge in [0.2, 0.25) is 0 Å². The third kappa shape index (κ3) is 3.94. The molecule has 1 aromatic carbocycles. The van der Waals surface area contributed by atoms with E-state index in [9.17, 15) is 5.11 Å². The van der Waals surface area contributed by atoms with Crippen LogP contribution in [0, 0.1) is 0 Å². The first-order valence-electron chi connectivity index (χ1n) is 7.52. The summed E-state index contributed by atoms with van der Waals surface area (Å²) in [6, 6.07) is 14.6. The van der Waals surface area contributed by atoms with E-state index >= 15 is 0 Å². The van der Waals surface area contributed by atoms with Gasteiger partial charge in [0.15, 0.2) is 0 Å². The number of likely N-dealkylation sites (tertiary alicyclic amines) is 1. The summed E-state index contributed by atoms with van der Waals surface area (Å²) < 4.78 is 5.39. The number of rotatable bonds is 6. The number of nitrogens with one attached hydrogen (secondary N) is 1. The Morgan fingerprint density at radius 2 is 2.10 bits per heavy atom. The van der Waals surface area contributed by atoms with Gasteiger partial charge in [-0.3, -0.25) is 4.90 Å². The first-order chi connectivity index (χ1) is 10.3. The van der Waals surface area contributed by atoms with E-state index in [1.54, 1.807) is 6.26 Å². The minimum absolute atomic E-state index is 0.175. The summed E-state index contributed by atoms with van der Waals surface area (Å²) in [5.74, 6) is 0.942. The van der Waals surface area contributed by atoms with Gasteiger partial charge < -0.3 is 14.8 Å². The van der Waals surface area contributed by atoms with Crippen LogP contribution >= 0.6 is 0 Å². The highest BCUT2D eigenvalue weighted by Gasteiger charge is 2.23. The molecule has 1 aliphatic heterocycles. The maximum Gasteiger partial charge on any atom is 0.117 e. The first-order valence-corrected chi connectivity index (χ1v) is 7.52. The highest BCUT2D eigenvalue weighted by molar-refractivity contribution is 5.19. The van der Waals surface area contributed by atoms with Crippen molar-refractivity contribution < 1.29 is 9.52 Å². The molecule has 0 aliphatic carbocycles. The molecule has 4 nitrogen and oxygen atoms in total. The Balaban J connectivity index is 1.65. The van der Waals surface area contributed by atoms with Gasteiger partial charge in [0, 0.05) is 25.7 Å². The summed E-state index contributed by atoms with van der Waals surface area (Å²) >= 11 is 0. The van der Waals surface area contributed by atoms with Gasteiger partial charge in [-0.05, 0) is 24.1 Å². The monoisotopic (exact) mass is 286 g/mol. The van der Waals surface area contributed by atoms with Crippen LogP contribution in [0.25, 0.3) is 0 Å². The van der Waals surface area contributed by atoms with Crippen LogP contribution in [0.4, 0.5) is 0 Å². The van der Waals surface area contributed by atoms with E-state index in [-0.39, 0.29) is 12.1 Å². The van der Waals surface area contributed by atoms with Crippen LogP contribution in [-0.4, -0.2) is 35.7 Å². The van der Waals surface area contributed by atoms with Crippen molar-refractivity contribution in [3.05, 3.63) is 60.1 Å². The van der Waals surface area contributed by atoms with Gasteiger partial charge >= 0.3 is 0 Å². The Morgan fingerprint density at radius 3 is 2.76 bits per heavy atom.